The Hall–Kier alpha value is -2.42. The number of benzene rings is 2. The Balaban J connectivity index is 1.88. The van der Waals surface area contributed by atoms with Crippen LogP contribution in [-0.4, -0.2) is 11.7 Å². The first-order valence-electron chi connectivity index (χ1n) is 6.67. The lowest BCUT2D eigenvalue weighted by Crippen LogP contribution is -2.09. The fourth-order valence-electron chi connectivity index (χ4n) is 2.53. The molecule has 0 aromatic heterocycles. The molecule has 3 nitrogen and oxygen atoms in total. The van der Waals surface area contributed by atoms with E-state index in [1.807, 2.05) is 49.4 Å². The molecule has 0 fully saturated rings. The first-order valence-corrected chi connectivity index (χ1v) is 6.67. The van der Waals surface area contributed by atoms with Crippen LogP contribution in [-0.2, 0) is 11.2 Å². The number of nitrogens with one attached hydrogen (secondary N) is 1. The molecule has 0 radical (unpaired) electrons. The van der Waals surface area contributed by atoms with Crippen LogP contribution in [0.2, 0.25) is 0 Å². The molecule has 20 heavy (non-hydrogen) atoms. The quantitative estimate of drug-likeness (QED) is 0.866. The number of rotatable bonds is 3. The Kier molecular flexibility index (Phi) is 3.11. The van der Waals surface area contributed by atoms with Crippen LogP contribution in [0.1, 0.15) is 34.3 Å². The second kappa shape index (κ2) is 4.93. The predicted molar refractivity (Wildman–Crippen MR) is 78.0 cm³/mol. The highest BCUT2D eigenvalue weighted by Gasteiger charge is 2.22. The molecule has 0 bridgehead atoms. The summed E-state index contributed by atoms with van der Waals surface area (Å²) in [4.78, 5) is 23.9. The fraction of sp³-hybridized carbons (Fsp3) is 0.176. The van der Waals surface area contributed by atoms with Crippen molar-refractivity contribution in [1.82, 2.24) is 0 Å². The SMILES string of the molecule is CC(C(=O)c1ccc2c(c1)CC(=O)N2)c1ccccc1. The first kappa shape index (κ1) is 12.6. The lowest BCUT2D eigenvalue weighted by molar-refractivity contribution is -0.115. The Morgan fingerprint density at radius 2 is 1.90 bits per heavy atom. The van der Waals surface area contributed by atoms with Crippen molar-refractivity contribution in [3.63, 3.8) is 0 Å². The van der Waals surface area contributed by atoms with E-state index in [4.69, 9.17) is 0 Å². The van der Waals surface area contributed by atoms with E-state index >= 15 is 0 Å². The lowest BCUT2D eigenvalue weighted by Gasteiger charge is -2.11. The van der Waals surface area contributed by atoms with Gasteiger partial charge >= 0.3 is 0 Å². The first-order chi connectivity index (χ1) is 9.65. The molecule has 1 N–H and O–H groups in total. The molecule has 2 aromatic carbocycles. The van der Waals surface area contributed by atoms with Crippen molar-refractivity contribution in [3.8, 4) is 0 Å². The standard InChI is InChI=1S/C17H15NO2/c1-11(12-5-3-2-4-6-12)17(20)13-7-8-15-14(9-13)10-16(19)18-15/h2-9,11H,10H2,1H3,(H,18,19). The van der Waals surface area contributed by atoms with E-state index < -0.39 is 0 Å². The van der Waals surface area contributed by atoms with Crippen LogP contribution in [0.3, 0.4) is 0 Å². The lowest BCUT2D eigenvalue weighted by atomic mass is 9.91. The van der Waals surface area contributed by atoms with Gasteiger partial charge in [-0.3, -0.25) is 9.59 Å². The average molecular weight is 265 g/mol. The number of amides is 1. The maximum atomic E-state index is 12.5. The average Bonchev–Trinajstić information content (AvgIpc) is 2.85. The van der Waals surface area contributed by atoms with Gasteiger partial charge in [-0.15, -0.1) is 0 Å². The van der Waals surface area contributed by atoms with Gasteiger partial charge in [0.1, 0.15) is 0 Å². The van der Waals surface area contributed by atoms with Gasteiger partial charge in [-0.2, -0.15) is 0 Å². The van der Waals surface area contributed by atoms with E-state index in [0.29, 0.717) is 12.0 Å². The molecule has 1 heterocycles. The Morgan fingerprint density at radius 1 is 1.15 bits per heavy atom. The highest BCUT2D eigenvalue weighted by Crippen LogP contribution is 2.27. The van der Waals surface area contributed by atoms with Gasteiger partial charge in [-0.05, 0) is 29.3 Å². The summed E-state index contributed by atoms with van der Waals surface area (Å²) in [6.45, 7) is 1.91. The number of carbonyl (C=O) groups is 2. The van der Waals surface area contributed by atoms with Crippen molar-refractivity contribution in [2.75, 3.05) is 5.32 Å². The van der Waals surface area contributed by atoms with E-state index in [1.165, 1.54) is 0 Å². The van der Waals surface area contributed by atoms with Crippen molar-refractivity contribution >= 4 is 17.4 Å². The fourth-order valence-corrected chi connectivity index (χ4v) is 2.53. The summed E-state index contributed by atoms with van der Waals surface area (Å²) in [5.74, 6) is -0.113. The zero-order chi connectivity index (χ0) is 14.1. The molecule has 2 aromatic rings. The molecule has 0 aliphatic carbocycles. The molecule has 3 heteroatoms. The predicted octanol–water partition coefficient (Wildman–Crippen LogP) is 3.17. The minimum Gasteiger partial charge on any atom is -0.326 e. The van der Waals surface area contributed by atoms with E-state index in [2.05, 4.69) is 5.32 Å². The third kappa shape index (κ3) is 2.23. The normalized spacial score (nSPS) is 14.6. The highest BCUT2D eigenvalue weighted by atomic mass is 16.1. The summed E-state index contributed by atoms with van der Waals surface area (Å²) in [7, 11) is 0. The molecule has 3 rings (SSSR count). The second-order valence-electron chi connectivity index (χ2n) is 5.09. The second-order valence-corrected chi connectivity index (χ2v) is 5.09. The van der Waals surface area contributed by atoms with Crippen molar-refractivity contribution in [2.45, 2.75) is 19.3 Å². The third-order valence-electron chi connectivity index (χ3n) is 3.71. The van der Waals surface area contributed by atoms with Crippen LogP contribution in [0.15, 0.2) is 48.5 Å². The van der Waals surface area contributed by atoms with Gasteiger partial charge in [0.25, 0.3) is 0 Å². The maximum Gasteiger partial charge on any atom is 0.228 e. The van der Waals surface area contributed by atoms with Crippen molar-refractivity contribution in [2.24, 2.45) is 0 Å². The number of fused-ring (bicyclic) bond motifs is 1. The summed E-state index contributed by atoms with van der Waals surface area (Å²) in [5, 5.41) is 2.77. The zero-order valence-electron chi connectivity index (χ0n) is 11.2. The third-order valence-corrected chi connectivity index (χ3v) is 3.71. The number of ketones is 1. The maximum absolute atomic E-state index is 12.5. The Bertz CT molecular complexity index is 677. The molecule has 1 aliphatic heterocycles. The molecule has 100 valence electrons. The minimum atomic E-state index is -0.181. The van der Waals surface area contributed by atoms with Crippen LogP contribution < -0.4 is 5.32 Å². The summed E-state index contributed by atoms with van der Waals surface area (Å²) in [5.41, 5.74) is 3.39. The number of Topliss-reactive ketones (excluding diaryl/α,β-unsaturated/α-hetero) is 1. The van der Waals surface area contributed by atoms with Gasteiger partial charge in [0.15, 0.2) is 5.78 Å². The van der Waals surface area contributed by atoms with Gasteiger partial charge in [-0.1, -0.05) is 37.3 Å². The molecule has 1 atom stereocenters. The van der Waals surface area contributed by atoms with Crippen LogP contribution >= 0.6 is 0 Å². The van der Waals surface area contributed by atoms with Gasteiger partial charge in [0.05, 0.1) is 6.42 Å². The summed E-state index contributed by atoms with van der Waals surface area (Å²) >= 11 is 0. The molecule has 0 saturated carbocycles. The zero-order valence-corrected chi connectivity index (χ0v) is 11.2. The van der Waals surface area contributed by atoms with E-state index in [0.717, 1.165) is 16.8 Å². The van der Waals surface area contributed by atoms with Crippen LogP contribution in [0.25, 0.3) is 0 Å². The van der Waals surface area contributed by atoms with Gasteiger partial charge in [0.2, 0.25) is 5.91 Å². The Labute approximate surface area is 117 Å². The molecular formula is C17H15NO2. The summed E-state index contributed by atoms with van der Waals surface area (Å²) < 4.78 is 0. The Morgan fingerprint density at radius 3 is 2.65 bits per heavy atom. The van der Waals surface area contributed by atoms with Crippen molar-refractivity contribution < 1.29 is 9.59 Å². The monoisotopic (exact) mass is 265 g/mol. The molecule has 1 unspecified atom stereocenters. The highest BCUT2D eigenvalue weighted by molar-refractivity contribution is 6.04. The van der Waals surface area contributed by atoms with Crippen LogP contribution in [0.5, 0.6) is 0 Å². The van der Waals surface area contributed by atoms with Gasteiger partial charge in [0, 0.05) is 17.2 Å². The largest absolute Gasteiger partial charge is 0.326 e. The molecule has 0 saturated heterocycles. The molecule has 0 spiro atoms. The van der Waals surface area contributed by atoms with Crippen molar-refractivity contribution in [1.29, 1.82) is 0 Å². The van der Waals surface area contributed by atoms with Gasteiger partial charge < -0.3 is 5.32 Å². The molecule has 1 amide bonds. The molecular weight excluding hydrogens is 250 g/mol. The van der Waals surface area contributed by atoms with E-state index in [1.54, 1.807) is 6.07 Å². The number of hydrogen-bond donors (Lipinski definition) is 1. The van der Waals surface area contributed by atoms with E-state index in [-0.39, 0.29) is 17.6 Å². The van der Waals surface area contributed by atoms with Crippen LogP contribution in [0, 0.1) is 0 Å². The molecule has 1 aliphatic rings. The summed E-state index contributed by atoms with van der Waals surface area (Å²) in [6.07, 6.45) is 0.357. The number of carbonyl (C=O) groups excluding carboxylic acids is 2. The van der Waals surface area contributed by atoms with E-state index in [9.17, 15) is 9.59 Å². The number of hydrogen-bond acceptors (Lipinski definition) is 2. The van der Waals surface area contributed by atoms with Gasteiger partial charge in [-0.25, -0.2) is 0 Å². The topological polar surface area (TPSA) is 46.2 Å². The van der Waals surface area contributed by atoms with Crippen molar-refractivity contribution in [3.05, 3.63) is 65.2 Å². The number of anilines is 1. The minimum absolute atomic E-state index is 0.0132. The van der Waals surface area contributed by atoms with Crippen LogP contribution in [0.4, 0.5) is 5.69 Å². The summed E-state index contributed by atoms with van der Waals surface area (Å²) in [6, 6.07) is 15.1. The smallest absolute Gasteiger partial charge is 0.228 e.